The molecule has 1 aliphatic carbocycles. The molecule has 0 saturated heterocycles. The van der Waals surface area contributed by atoms with Crippen molar-refractivity contribution in [3.05, 3.63) is 161 Å². The average Bonchev–Trinajstić information content (AvgIpc) is 3.89. The average molecular weight is 851 g/mol. The monoisotopic (exact) mass is 850 g/mol. The molecule has 9 aromatic rings. The van der Waals surface area contributed by atoms with Crippen molar-refractivity contribution in [3.63, 3.8) is 0 Å². The molecule has 0 saturated carbocycles. The number of hydrogen-bond acceptors (Lipinski definition) is 4. The molecule has 4 heterocycles. The molecule has 2 aliphatic heterocycles. The van der Waals surface area contributed by atoms with Crippen molar-refractivity contribution >= 4 is 99.9 Å². The fourth-order valence-corrected chi connectivity index (χ4v) is 12.5. The SMILES string of the molecule is CC(C)(C)c1ccc(N2c3cc4oc5ccccc5c4c4c3B(c3cc(C(C)(C)C)ccc3N4c3ccc(C(C)(C)C)cc3)c3sc4cc5c(cc4c32)-c2ccccc2C5(C)C)cc1. The van der Waals surface area contributed by atoms with Crippen LogP contribution in [0.1, 0.15) is 104 Å². The predicted molar refractivity (Wildman–Crippen MR) is 277 cm³/mol. The van der Waals surface area contributed by atoms with Crippen LogP contribution in [0.4, 0.5) is 34.1 Å². The molecular formula is C59H55BN2OS. The van der Waals surface area contributed by atoms with E-state index in [1.807, 2.05) is 11.3 Å². The Hall–Kier alpha value is -6.04. The lowest BCUT2D eigenvalue weighted by Gasteiger charge is -2.44. The van der Waals surface area contributed by atoms with Crippen LogP contribution in [0.5, 0.6) is 0 Å². The first-order valence-corrected chi connectivity index (χ1v) is 23.9. The second kappa shape index (κ2) is 13.0. The van der Waals surface area contributed by atoms with Gasteiger partial charge in [0.05, 0.1) is 16.8 Å². The zero-order valence-corrected chi connectivity index (χ0v) is 39.8. The molecular weight excluding hydrogens is 796 g/mol. The third kappa shape index (κ3) is 5.52. The Morgan fingerprint density at radius 1 is 0.516 bits per heavy atom. The van der Waals surface area contributed by atoms with Crippen molar-refractivity contribution in [2.75, 3.05) is 9.80 Å². The topological polar surface area (TPSA) is 19.6 Å². The Labute approximate surface area is 382 Å². The highest BCUT2D eigenvalue weighted by Gasteiger charge is 2.48. The first-order chi connectivity index (χ1) is 30.4. The van der Waals surface area contributed by atoms with Crippen LogP contribution in [0.15, 0.2) is 138 Å². The number of benzene rings is 7. The number of fused-ring (bicyclic) bond motifs is 13. The van der Waals surface area contributed by atoms with E-state index < -0.39 is 0 Å². The summed E-state index contributed by atoms with van der Waals surface area (Å²) in [5.74, 6) is 0. The van der Waals surface area contributed by atoms with Gasteiger partial charge in [-0.1, -0.05) is 155 Å². The van der Waals surface area contributed by atoms with Gasteiger partial charge in [0, 0.05) is 54.5 Å². The van der Waals surface area contributed by atoms with Crippen molar-refractivity contribution < 1.29 is 4.42 Å². The van der Waals surface area contributed by atoms with E-state index in [9.17, 15) is 0 Å². The Morgan fingerprint density at radius 2 is 1.11 bits per heavy atom. The van der Waals surface area contributed by atoms with E-state index in [2.05, 4.69) is 219 Å². The predicted octanol–water partition coefficient (Wildman–Crippen LogP) is 15.1. The second-order valence-electron chi connectivity index (χ2n) is 22.2. The number of hydrogen-bond donors (Lipinski definition) is 0. The highest BCUT2D eigenvalue weighted by molar-refractivity contribution is 7.33. The van der Waals surface area contributed by atoms with Gasteiger partial charge in [-0.25, -0.2) is 0 Å². The van der Waals surface area contributed by atoms with Crippen LogP contribution < -0.4 is 25.5 Å². The quantitative estimate of drug-likeness (QED) is 0.162. The smallest absolute Gasteiger partial charge is 0.264 e. The number of furan rings is 1. The van der Waals surface area contributed by atoms with E-state index in [4.69, 9.17) is 4.42 Å². The highest BCUT2D eigenvalue weighted by Crippen LogP contribution is 2.55. The van der Waals surface area contributed by atoms with Crippen molar-refractivity contribution in [3.8, 4) is 11.1 Å². The first kappa shape index (κ1) is 39.5. The van der Waals surface area contributed by atoms with Gasteiger partial charge in [0.15, 0.2) is 0 Å². The molecule has 7 aromatic carbocycles. The van der Waals surface area contributed by atoms with Gasteiger partial charge >= 0.3 is 0 Å². The molecule has 3 nitrogen and oxygen atoms in total. The maximum atomic E-state index is 7.00. The summed E-state index contributed by atoms with van der Waals surface area (Å²) < 4.78 is 9.72. The second-order valence-corrected chi connectivity index (χ2v) is 23.3. The minimum absolute atomic E-state index is 0.0157. The molecule has 0 spiro atoms. The lowest BCUT2D eigenvalue weighted by Crippen LogP contribution is -2.60. The Balaban J connectivity index is 1.24. The van der Waals surface area contributed by atoms with Crippen LogP contribution in [0, 0.1) is 0 Å². The maximum absolute atomic E-state index is 7.00. The van der Waals surface area contributed by atoms with Crippen LogP contribution in [0.3, 0.4) is 0 Å². The van der Waals surface area contributed by atoms with Crippen LogP contribution >= 0.6 is 11.3 Å². The highest BCUT2D eigenvalue weighted by atomic mass is 32.1. The van der Waals surface area contributed by atoms with Crippen LogP contribution in [0.2, 0.25) is 0 Å². The molecule has 2 aromatic heterocycles. The minimum Gasteiger partial charge on any atom is -0.456 e. The summed E-state index contributed by atoms with van der Waals surface area (Å²) in [6.07, 6.45) is 0. The number of thiophene rings is 1. The standard InChI is InChI=1S/C59H55BN2OS/c1-56(2,3)34-20-25-37(26-21-34)61-46-29-24-36(58(7,8)9)30-45(46)60-52-47(33-49-51(54(52)61)40-17-13-15-19-48(40)63-49)62(38-27-22-35(23-28-38)57(4,5)6)53-42-31-41-39-16-12-14-18-43(39)59(10,11)44(41)32-50(42)64-55(53)60/h12-33H,1-11H3. The van der Waals surface area contributed by atoms with Gasteiger partial charge in [-0.05, 0) is 115 Å². The third-order valence-electron chi connectivity index (χ3n) is 14.7. The third-order valence-corrected chi connectivity index (χ3v) is 15.9. The molecule has 0 bridgehead atoms. The summed E-state index contributed by atoms with van der Waals surface area (Å²) in [4.78, 5) is 5.17. The normalized spacial score (nSPS) is 15.1. The lowest BCUT2D eigenvalue weighted by atomic mass is 9.36. The van der Waals surface area contributed by atoms with Crippen molar-refractivity contribution in [1.29, 1.82) is 0 Å². The molecule has 316 valence electrons. The van der Waals surface area contributed by atoms with E-state index in [1.165, 1.54) is 87.5 Å². The van der Waals surface area contributed by atoms with Gasteiger partial charge in [-0.2, -0.15) is 0 Å². The molecule has 0 radical (unpaired) electrons. The van der Waals surface area contributed by atoms with E-state index in [0.29, 0.717) is 0 Å². The van der Waals surface area contributed by atoms with Gasteiger partial charge in [0.25, 0.3) is 6.71 Å². The number of rotatable bonds is 2. The molecule has 3 aliphatic rings. The Kier molecular flexibility index (Phi) is 8.06. The van der Waals surface area contributed by atoms with Gasteiger partial charge in [-0.3, -0.25) is 0 Å². The molecule has 0 amide bonds. The molecule has 64 heavy (non-hydrogen) atoms. The van der Waals surface area contributed by atoms with E-state index in [1.54, 1.807) is 0 Å². The summed E-state index contributed by atoms with van der Waals surface area (Å²) >= 11 is 2.00. The Morgan fingerprint density at radius 3 is 1.77 bits per heavy atom. The first-order valence-electron chi connectivity index (χ1n) is 23.0. The van der Waals surface area contributed by atoms with Gasteiger partial charge in [-0.15, -0.1) is 11.3 Å². The molecule has 0 N–H and O–H groups in total. The largest absolute Gasteiger partial charge is 0.456 e. The molecule has 0 atom stereocenters. The van der Waals surface area contributed by atoms with Crippen molar-refractivity contribution in [2.45, 2.75) is 97.8 Å². The van der Waals surface area contributed by atoms with Crippen LogP contribution in [-0.2, 0) is 21.7 Å². The molecule has 0 unspecified atom stereocenters. The van der Waals surface area contributed by atoms with E-state index in [-0.39, 0.29) is 28.4 Å². The van der Waals surface area contributed by atoms with E-state index >= 15 is 0 Å². The van der Waals surface area contributed by atoms with E-state index in [0.717, 1.165) is 33.3 Å². The van der Waals surface area contributed by atoms with Gasteiger partial charge in [0.2, 0.25) is 0 Å². The minimum atomic E-state index is -0.100. The van der Waals surface area contributed by atoms with Crippen molar-refractivity contribution in [2.24, 2.45) is 0 Å². The van der Waals surface area contributed by atoms with Crippen molar-refractivity contribution in [1.82, 2.24) is 0 Å². The fraction of sp³-hybridized carbons (Fsp3) is 0.254. The Bertz CT molecular complexity index is 3420. The van der Waals surface area contributed by atoms with Gasteiger partial charge in [0.1, 0.15) is 11.2 Å². The summed E-state index contributed by atoms with van der Waals surface area (Å²) in [6.45, 7) is 25.6. The lowest BCUT2D eigenvalue weighted by molar-refractivity contribution is 0.590. The summed E-state index contributed by atoms with van der Waals surface area (Å²) in [6, 6.07) is 51.2. The summed E-state index contributed by atoms with van der Waals surface area (Å²) in [5, 5.41) is 3.60. The fourth-order valence-electron chi connectivity index (χ4n) is 11.2. The van der Waals surface area contributed by atoms with Crippen LogP contribution in [0.25, 0.3) is 43.2 Å². The molecule has 5 heteroatoms. The molecule has 0 fully saturated rings. The summed E-state index contributed by atoms with van der Waals surface area (Å²) in [5.41, 5.74) is 21.1. The zero-order valence-electron chi connectivity index (χ0n) is 39.0. The van der Waals surface area contributed by atoms with Crippen LogP contribution in [-0.4, -0.2) is 6.71 Å². The van der Waals surface area contributed by atoms with Gasteiger partial charge < -0.3 is 14.2 Å². The summed E-state index contributed by atoms with van der Waals surface area (Å²) in [7, 11) is 0. The number of para-hydroxylation sites is 1. The zero-order chi connectivity index (χ0) is 44.4. The molecule has 12 rings (SSSR count). The maximum Gasteiger partial charge on any atom is 0.264 e. The number of nitrogens with zero attached hydrogens (tertiary/aromatic N) is 2. The number of anilines is 6.